The minimum Gasteiger partial charge on any atom is -0.374 e. The number of halogens is 5. The summed E-state index contributed by atoms with van der Waals surface area (Å²) in [4.78, 5) is 29.5. The summed E-state index contributed by atoms with van der Waals surface area (Å²) in [5.41, 5.74) is 0.768. The molecule has 0 spiro atoms. The number of hydrogen-bond donors (Lipinski definition) is 2. The Bertz CT molecular complexity index is 1180. The molecule has 2 aromatic carbocycles. The first kappa shape index (κ1) is 24.3. The van der Waals surface area contributed by atoms with E-state index in [9.17, 15) is 22.8 Å². The van der Waals surface area contributed by atoms with Gasteiger partial charge in [-0.3, -0.25) is 15.0 Å². The molecule has 0 aliphatic carbocycles. The van der Waals surface area contributed by atoms with Gasteiger partial charge in [-0.1, -0.05) is 34.4 Å². The molecule has 4 rings (SSSR count). The van der Waals surface area contributed by atoms with Gasteiger partial charge in [0.2, 0.25) is 0 Å². The van der Waals surface area contributed by atoms with Crippen LogP contribution >= 0.6 is 23.2 Å². The average molecular weight is 515 g/mol. The minimum atomic E-state index is -4.81. The van der Waals surface area contributed by atoms with Crippen molar-refractivity contribution < 1.29 is 27.6 Å². The van der Waals surface area contributed by atoms with E-state index in [0.717, 1.165) is 12.1 Å². The van der Waals surface area contributed by atoms with Gasteiger partial charge in [0.05, 0.1) is 5.71 Å². The Labute approximate surface area is 202 Å². The van der Waals surface area contributed by atoms with Crippen molar-refractivity contribution in [2.75, 3.05) is 13.6 Å². The number of amides is 2. The van der Waals surface area contributed by atoms with Gasteiger partial charge in [-0.2, -0.15) is 13.2 Å². The lowest BCUT2D eigenvalue weighted by molar-refractivity contribution is -0.275. The van der Waals surface area contributed by atoms with E-state index in [4.69, 9.17) is 28.0 Å². The summed E-state index contributed by atoms with van der Waals surface area (Å²) in [5.74, 6) is -0.797. The predicted octanol–water partition coefficient (Wildman–Crippen LogP) is 3.96. The number of aryl methyl sites for hydroxylation is 1. The van der Waals surface area contributed by atoms with Gasteiger partial charge in [-0.25, -0.2) is 5.01 Å². The number of nitrogens with one attached hydrogen (secondary N) is 2. The molecule has 0 aromatic heterocycles. The molecule has 2 aliphatic rings. The zero-order valence-electron chi connectivity index (χ0n) is 18.0. The number of nitrogens with zero attached hydrogens (tertiary/aromatic N) is 2. The number of likely N-dealkylation sites (N-methyl/N-ethyl adjacent to an activating group) is 1. The summed E-state index contributed by atoms with van der Waals surface area (Å²) in [6.07, 6.45) is -5.41. The van der Waals surface area contributed by atoms with Gasteiger partial charge in [-0.05, 0) is 48.4 Å². The molecule has 180 valence electrons. The molecule has 34 heavy (non-hydrogen) atoms. The zero-order chi connectivity index (χ0) is 24.8. The third-order valence-corrected chi connectivity index (χ3v) is 6.13. The molecule has 0 bridgehead atoms. The maximum absolute atomic E-state index is 14.2. The molecule has 2 amide bonds. The molecular formula is C22H19Cl2F3N4O3. The fraction of sp³-hybridized carbons (Fsp3) is 0.318. The molecule has 2 unspecified atom stereocenters. The van der Waals surface area contributed by atoms with Crippen LogP contribution in [0.4, 0.5) is 13.2 Å². The molecule has 2 heterocycles. The Balaban J connectivity index is 1.58. The molecule has 2 N–H and O–H groups in total. The highest BCUT2D eigenvalue weighted by Crippen LogP contribution is 2.49. The molecule has 2 aromatic rings. The van der Waals surface area contributed by atoms with E-state index >= 15 is 0 Å². The zero-order valence-corrected chi connectivity index (χ0v) is 19.5. The van der Waals surface area contributed by atoms with E-state index in [1.165, 1.54) is 18.2 Å². The summed E-state index contributed by atoms with van der Waals surface area (Å²) < 4.78 is 42.5. The summed E-state index contributed by atoms with van der Waals surface area (Å²) in [5, 5.41) is 8.01. The third kappa shape index (κ3) is 4.45. The van der Waals surface area contributed by atoms with Crippen LogP contribution in [0.25, 0.3) is 0 Å². The molecule has 1 fully saturated rings. The second kappa shape index (κ2) is 8.75. The van der Waals surface area contributed by atoms with Crippen molar-refractivity contribution in [2.45, 2.75) is 31.2 Å². The van der Waals surface area contributed by atoms with Crippen LogP contribution in [0.1, 0.15) is 33.5 Å². The summed E-state index contributed by atoms with van der Waals surface area (Å²) in [6.45, 7) is 1.95. The summed E-state index contributed by atoms with van der Waals surface area (Å²) in [6, 6.07) is 7.43. The minimum absolute atomic E-state index is 0.0384. The van der Waals surface area contributed by atoms with Crippen molar-refractivity contribution in [3.8, 4) is 0 Å². The summed E-state index contributed by atoms with van der Waals surface area (Å²) >= 11 is 11.9. The van der Waals surface area contributed by atoms with Crippen LogP contribution in [0.2, 0.25) is 10.0 Å². The number of carbonyl (C=O) groups is 2. The lowest BCUT2D eigenvalue weighted by atomic mass is 9.86. The van der Waals surface area contributed by atoms with Gasteiger partial charge in [-0.15, -0.1) is 0 Å². The molecule has 12 heteroatoms. The molecule has 0 saturated carbocycles. The van der Waals surface area contributed by atoms with Gasteiger partial charge < -0.3 is 10.2 Å². The Kier molecular flexibility index (Phi) is 6.26. The van der Waals surface area contributed by atoms with Crippen LogP contribution in [-0.4, -0.2) is 48.3 Å². The molecule has 2 aliphatic heterocycles. The molecule has 0 radical (unpaired) electrons. The number of carbonyl (C=O) groups excluding carboxylic acids is 2. The number of hydrazine groups is 1. The standard InChI is InChI=1S/C22H19Cl2F3N4O3/c1-11-5-12(3-4-16(11)19(32)28-18-10-31(2)29-20(18)33)17-9-21(34-30-17,22(25,26)27)13-6-14(23)8-15(24)7-13/h3-8,18H,9-10H2,1-2H3,(H,28,32)(H,29,33). The largest absolute Gasteiger partial charge is 0.435 e. The molecule has 7 nitrogen and oxygen atoms in total. The Morgan fingerprint density at radius 2 is 1.91 bits per heavy atom. The third-order valence-electron chi connectivity index (χ3n) is 5.70. The second-order valence-electron chi connectivity index (χ2n) is 8.20. The van der Waals surface area contributed by atoms with Gasteiger partial charge >= 0.3 is 6.18 Å². The molecular weight excluding hydrogens is 496 g/mol. The van der Waals surface area contributed by atoms with Crippen LogP contribution in [0.15, 0.2) is 41.6 Å². The molecule has 1 saturated heterocycles. The topological polar surface area (TPSA) is 83.0 Å². The Hall–Kier alpha value is -2.82. The van der Waals surface area contributed by atoms with E-state index in [-0.39, 0.29) is 32.8 Å². The first-order valence-electron chi connectivity index (χ1n) is 10.1. The Morgan fingerprint density at radius 3 is 2.47 bits per heavy atom. The maximum atomic E-state index is 14.2. The van der Waals surface area contributed by atoms with Crippen molar-refractivity contribution in [1.82, 2.24) is 15.8 Å². The van der Waals surface area contributed by atoms with Crippen molar-refractivity contribution in [1.29, 1.82) is 0 Å². The number of rotatable bonds is 4. The number of hydrogen-bond acceptors (Lipinski definition) is 5. The normalized spacial score (nSPS) is 22.9. The van der Waals surface area contributed by atoms with Gasteiger partial charge in [0.15, 0.2) is 0 Å². The highest BCUT2D eigenvalue weighted by molar-refractivity contribution is 6.34. The van der Waals surface area contributed by atoms with Crippen LogP contribution in [0.5, 0.6) is 0 Å². The fourth-order valence-electron chi connectivity index (χ4n) is 3.96. The van der Waals surface area contributed by atoms with Crippen LogP contribution in [-0.2, 0) is 15.2 Å². The maximum Gasteiger partial charge on any atom is 0.435 e. The lowest BCUT2D eigenvalue weighted by Crippen LogP contribution is -2.42. The average Bonchev–Trinajstić information content (AvgIpc) is 3.31. The van der Waals surface area contributed by atoms with Gasteiger partial charge in [0, 0.05) is 41.2 Å². The predicted molar refractivity (Wildman–Crippen MR) is 120 cm³/mol. The van der Waals surface area contributed by atoms with Crippen molar-refractivity contribution in [2.24, 2.45) is 5.16 Å². The van der Waals surface area contributed by atoms with E-state index in [2.05, 4.69) is 15.9 Å². The quantitative estimate of drug-likeness (QED) is 0.646. The smallest absolute Gasteiger partial charge is 0.374 e. The molecule has 2 atom stereocenters. The van der Waals surface area contributed by atoms with E-state index in [1.807, 2.05) is 0 Å². The fourth-order valence-corrected chi connectivity index (χ4v) is 4.49. The monoisotopic (exact) mass is 514 g/mol. The number of benzene rings is 2. The van der Waals surface area contributed by atoms with Crippen LogP contribution < -0.4 is 10.7 Å². The second-order valence-corrected chi connectivity index (χ2v) is 9.07. The van der Waals surface area contributed by atoms with Crippen molar-refractivity contribution in [3.63, 3.8) is 0 Å². The van der Waals surface area contributed by atoms with Crippen LogP contribution in [0, 0.1) is 6.92 Å². The SMILES string of the molecule is Cc1cc(C2=NOC(c3cc(Cl)cc(Cl)c3)(C(F)(F)F)C2)ccc1C(=O)NC1CN(C)NC1=O. The van der Waals surface area contributed by atoms with Crippen LogP contribution in [0.3, 0.4) is 0 Å². The number of oxime groups is 1. The van der Waals surface area contributed by atoms with Crippen molar-refractivity contribution in [3.05, 3.63) is 68.7 Å². The lowest BCUT2D eigenvalue weighted by Gasteiger charge is -2.29. The Morgan fingerprint density at radius 1 is 1.24 bits per heavy atom. The van der Waals surface area contributed by atoms with E-state index in [0.29, 0.717) is 17.7 Å². The highest BCUT2D eigenvalue weighted by Gasteiger charge is 2.62. The first-order valence-corrected chi connectivity index (χ1v) is 10.9. The number of alkyl halides is 3. The highest BCUT2D eigenvalue weighted by atomic mass is 35.5. The first-order chi connectivity index (χ1) is 15.9. The van der Waals surface area contributed by atoms with E-state index < -0.39 is 30.1 Å². The van der Waals surface area contributed by atoms with Gasteiger partial charge in [0.25, 0.3) is 17.4 Å². The summed E-state index contributed by atoms with van der Waals surface area (Å²) in [7, 11) is 1.67. The van der Waals surface area contributed by atoms with E-state index in [1.54, 1.807) is 25.0 Å². The van der Waals surface area contributed by atoms with Gasteiger partial charge in [0.1, 0.15) is 6.04 Å². The van der Waals surface area contributed by atoms with Crippen molar-refractivity contribution >= 4 is 40.7 Å².